The van der Waals surface area contributed by atoms with E-state index in [4.69, 9.17) is 10.00 Å². The van der Waals surface area contributed by atoms with E-state index in [1.54, 1.807) is 0 Å². The Morgan fingerprint density at radius 3 is 2.54 bits per heavy atom. The molecular weight excluding hydrogens is 335 g/mol. The van der Waals surface area contributed by atoms with Crippen LogP contribution in [0.5, 0.6) is 6.01 Å². The molecular formula is C15H13FN4O3S. The molecule has 7 nitrogen and oxygen atoms in total. The molecule has 0 aliphatic carbocycles. The molecule has 0 bridgehead atoms. The van der Waals surface area contributed by atoms with Crippen LogP contribution < -0.4 is 4.74 Å². The van der Waals surface area contributed by atoms with Gasteiger partial charge in [0.2, 0.25) is 10.0 Å². The lowest BCUT2D eigenvalue weighted by Gasteiger charge is -2.16. The first kappa shape index (κ1) is 16.3. The van der Waals surface area contributed by atoms with Gasteiger partial charge in [-0.2, -0.15) is 9.57 Å². The Labute approximate surface area is 138 Å². The first-order valence-electron chi connectivity index (χ1n) is 7.13. The molecule has 2 aromatic rings. The summed E-state index contributed by atoms with van der Waals surface area (Å²) in [6, 6.07) is 7.70. The van der Waals surface area contributed by atoms with Gasteiger partial charge in [-0.05, 0) is 30.7 Å². The van der Waals surface area contributed by atoms with Crippen molar-refractivity contribution in [3.05, 3.63) is 48.0 Å². The van der Waals surface area contributed by atoms with Crippen molar-refractivity contribution in [3.8, 4) is 12.1 Å². The number of nitrogens with zero attached hydrogens (tertiary/aromatic N) is 4. The lowest BCUT2D eigenvalue weighted by Crippen LogP contribution is -2.31. The third-order valence-corrected chi connectivity index (χ3v) is 5.48. The molecule has 1 fully saturated rings. The second-order valence-electron chi connectivity index (χ2n) is 5.21. The summed E-state index contributed by atoms with van der Waals surface area (Å²) >= 11 is 0. The van der Waals surface area contributed by atoms with Crippen molar-refractivity contribution in [1.29, 1.82) is 5.26 Å². The lowest BCUT2D eigenvalue weighted by molar-refractivity contribution is 0.197. The molecule has 1 saturated heterocycles. The molecule has 1 aliphatic heterocycles. The highest BCUT2D eigenvalue weighted by Crippen LogP contribution is 2.23. The van der Waals surface area contributed by atoms with Gasteiger partial charge in [0.25, 0.3) is 0 Å². The summed E-state index contributed by atoms with van der Waals surface area (Å²) in [5.74, 6) is -0.571. The largest absolute Gasteiger partial charge is 0.459 e. The van der Waals surface area contributed by atoms with E-state index < -0.39 is 21.9 Å². The third-order valence-electron chi connectivity index (χ3n) is 3.60. The molecule has 2 heterocycles. The quantitative estimate of drug-likeness (QED) is 0.827. The zero-order chi connectivity index (χ0) is 17.2. The highest BCUT2D eigenvalue weighted by Gasteiger charge is 2.34. The van der Waals surface area contributed by atoms with Crippen LogP contribution in [0.15, 0.2) is 41.6 Å². The fourth-order valence-electron chi connectivity index (χ4n) is 2.37. The van der Waals surface area contributed by atoms with Crippen LogP contribution in [0.1, 0.15) is 12.0 Å². The van der Waals surface area contributed by atoms with E-state index in [0.29, 0.717) is 18.5 Å². The highest BCUT2D eigenvalue weighted by molar-refractivity contribution is 7.89. The molecule has 124 valence electrons. The average molecular weight is 348 g/mol. The van der Waals surface area contributed by atoms with Gasteiger partial charge in [-0.15, -0.1) is 0 Å². The Morgan fingerprint density at radius 1 is 1.25 bits per heavy atom. The topological polar surface area (TPSA) is 96.2 Å². The van der Waals surface area contributed by atoms with Crippen LogP contribution in [0.2, 0.25) is 0 Å². The van der Waals surface area contributed by atoms with Crippen LogP contribution in [0, 0.1) is 17.1 Å². The average Bonchev–Trinajstić information content (AvgIpc) is 3.06. The smallest absolute Gasteiger partial charge is 0.316 e. The van der Waals surface area contributed by atoms with Crippen molar-refractivity contribution in [2.24, 2.45) is 0 Å². The minimum atomic E-state index is -3.65. The Morgan fingerprint density at radius 2 is 1.92 bits per heavy atom. The molecule has 1 aliphatic rings. The summed E-state index contributed by atoms with van der Waals surface area (Å²) < 4.78 is 44.7. The predicted molar refractivity (Wildman–Crippen MR) is 80.9 cm³/mol. The zero-order valence-corrected chi connectivity index (χ0v) is 13.3. The van der Waals surface area contributed by atoms with E-state index >= 15 is 0 Å². The number of benzene rings is 1. The molecule has 0 amide bonds. The second-order valence-corrected chi connectivity index (χ2v) is 7.15. The van der Waals surface area contributed by atoms with Crippen molar-refractivity contribution >= 4 is 10.0 Å². The van der Waals surface area contributed by atoms with Crippen LogP contribution in [0.4, 0.5) is 4.39 Å². The number of ether oxygens (including phenoxy) is 1. The van der Waals surface area contributed by atoms with Crippen LogP contribution in [0.3, 0.4) is 0 Å². The van der Waals surface area contributed by atoms with E-state index in [2.05, 4.69) is 9.97 Å². The number of aromatic nitrogens is 2. The van der Waals surface area contributed by atoms with Gasteiger partial charge < -0.3 is 4.74 Å². The van der Waals surface area contributed by atoms with Crippen molar-refractivity contribution in [1.82, 2.24) is 14.3 Å². The summed E-state index contributed by atoms with van der Waals surface area (Å²) in [7, 11) is -3.65. The maximum atomic E-state index is 12.8. The molecule has 1 atom stereocenters. The Hall–Kier alpha value is -2.57. The predicted octanol–water partition coefficient (Wildman–Crippen LogP) is 1.33. The molecule has 0 unspecified atom stereocenters. The van der Waals surface area contributed by atoms with Gasteiger partial charge in [-0.3, -0.25) is 0 Å². The first-order valence-corrected chi connectivity index (χ1v) is 8.57. The van der Waals surface area contributed by atoms with E-state index in [-0.39, 0.29) is 17.5 Å². The van der Waals surface area contributed by atoms with Gasteiger partial charge >= 0.3 is 6.01 Å². The van der Waals surface area contributed by atoms with E-state index in [0.717, 1.165) is 12.4 Å². The SMILES string of the molecule is N#Cc1ccc(S(=O)(=O)N2CC[C@@H](Oc3ncc(F)cn3)C2)cc1. The van der Waals surface area contributed by atoms with E-state index in [1.165, 1.54) is 28.6 Å². The molecule has 1 aromatic carbocycles. The van der Waals surface area contributed by atoms with Crippen LogP contribution in [-0.2, 0) is 10.0 Å². The van der Waals surface area contributed by atoms with Crippen LogP contribution >= 0.6 is 0 Å². The molecule has 1 aromatic heterocycles. The van der Waals surface area contributed by atoms with Crippen molar-refractivity contribution in [3.63, 3.8) is 0 Å². The Bertz CT molecular complexity index is 863. The molecule has 0 N–H and O–H groups in total. The molecule has 9 heteroatoms. The van der Waals surface area contributed by atoms with Gasteiger partial charge in [0.1, 0.15) is 6.10 Å². The summed E-state index contributed by atoms with van der Waals surface area (Å²) in [5, 5.41) is 8.77. The molecule has 24 heavy (non-hydrogen) atoms. The first-order chi connectivity index (χ1) is 11.5. The van der Waals surface area contributed by atoms with Crippen LogP contribution in [-0.4, -0.2) is 41.9 Å². The number of hydrogen-bond donors (Lipinski definition) is 0. The summed E-state index contributed by atoms with van der Waals surface area (Å²) in [5.41, 5.74) is 0.394. The Balaban J connectivity index is 1.69. The second kappa shape index (κ2) is 6.51. The summed E-state index contributed by atoms with van der Waals surface area (Å²) in [6.45, 7) is 0.456. The standard InChI is InChI=1S/C15H13FN4O3S/c16-12-8-18-15(19-9-12)23-13-5-6-20(10-13)24(21,22)14-3-1-11(7-17)2-4-14/h1-4,8-9,13H,5-6,10H2/t13-/m1/s1. The van der Waals surface area contributed by atoms with E-state index in [9.17, 15) is 12.8 Å². The minimum absolute atomic E-state index is 0.0130. The molecule has 0 spiro atoms. The van der Waals surface area contributed by atoms with Gasteiger partial charge in [0, 0.05) is 6.54 Å². The number of sulfonamides is 1. The van der Waals surface area contributed by atoms with Crippen molar-refractivity contribution in [2.75, 3.05) is 13.1 Å². The zero-order valence-electron chi connectivity index (χ0n) is 12.5. The van der Waals surface area contributed by atoms with Gasteiger partial charge in [-0.25, -0.2) is 22.8 Å². The fraction of sp³-hybridized carbons (Fsp3) is 0.267. The third kappa shape index (κ3) is 3.34. The maximum Gasteiger partial charge on any atom is 0.316 e. The molecule has 0 radical (unpaired) electrons. The number of rotatable bonds is 4. The number of halogens is 1. The monoisotopic (exact) mass is 348 g/mol. The lowest BCUT2D eigenvalue weighted by atomic mass is 10.2. The normalized spacial score (nSPS) is 18.2. The van der Waals surface area contributed by atoms with Crippen molar-refractivity contribution < 1.29 is 17.5 Å². The van der Waals surface area contributed by atoms with Crippen molar-refractivity contribution in [2.45, 2.75) is 17.4 Å². The van der Waals surface area contributed by atoms with Gasteiger partial charge in [0.15, 0.2) is 5.82 Å². The van der Waals surface area contributed by atoms with Gasteiger partial charge in [0.05, 0.1) is 35.5 Å². The fourth-order valence-corrected chi connectivity index (χ4v) is 3.86. The van der Waals surface area contributed by atoms with Gasteiger partial charge in [-0.1, -0.05) is 0 Å². The summed E-state index contributed by atoms with van der Waals surface area (Å²) in [6.07, 6.45) is 2.06. The summed E-state index contributed by atoms with van der Waals surface area (Å²) in [4.78, 5) is 7.52. The van der Waals surface area contributed by atoms with Crippen LogP contribution in [0.25, 0.3) is 0 Å². The number of hydrogen-bond acceptors (Lipinski definition) is 6. The highest BCUT2D eigenvalue weighted by atomic mass is 32.2. The Kier molecular flexibility index (Phi) is 4.42. The number of nitriles is 1. The minimum Gasteiger partial charge on any atom is -0.459 e. The molecule has 0 saturated carbocycles. The maximum absolute atomic E-state index is 12.8. The van der Waals surface area contributed by atoms with E-state index in [1.807, 2.05) is 6.07 Å². The molecule has 3 rings (SSSR count).